The number of para-hydroxylation sites is 2. The van der Waals surface area contributed by atoms with Gasteiger partial charge in [0.25, 0.3) is 0 Å². The Balaban J connectivity index is 1.26. The first-order valence-corrected chi connectivity index (χ1v) is 12.4. The van der Waals surface area contributed by atoms with Crippen LogP contribution in [0.1, 0.15) is 5.56 Å². The van der Waals surface area contributed by atoms with E-state index in [4.69, 9.17) is 9.52 Å². The van der Waals surface area contributed by atoms with Crippen molar-refractivity contribution in [3.8, 4) is 17.1 Å². The number of rotatable bonds is 5. The Labute approximate surface area is 206 Å². The standard InChI is InChI=1S/C27H23N5O2S/c33-25(30-13-15-31(16-14-30)27-28-12-17-35-27)11-10-21-19-32(22-7-2-1-3-8-22)29-26(21)24-18-20-6-4-5-9-23(20)34-24/h1-12,17-19H,13-16H2/b11-10+. The summed E-state index contributed by atoms with van der Waals surface area (Å²) in [4.78, 5) is 21.5. The number of anilines is 1. The van der Waals surface area contributed by atoms with Crippen LogP contribution in [0.4, 0.5) is 5.13 Å². The predicted octanol–water partition coefficient (Wildman–Crippen LogP) is 5.10. The summed E-state index contributed by atoms with van der Waals surface area (Å²) < 4.78 is 7.92. The van der Waals surface area contributed by atoms with Crippen LogP contribution < -0.4 is 4.90 Å². The summed E-state index contributed by atoms with van der Waals surface area (Å²) in [5.41, 5.74) is 3.26. The molecule has 174 valence electrons. The lowest BCUT2D eigenvalue weighted by Gasteiger charge is -2.34. The van der Waals surface area contributed by atoms with Gasteiger partial charge in [-0.3, -0.25) is 4.79 Å². The van der Waals surface area contributed by atoms with Gasteiger partial charge in [-0.2, -0.15) is 5.10 Å². The summed E-state index contributed by atoms with van der Waals surface area (Å²) in [5, 5.41) is 8.81. The maximum atomic E-state index is 13.0. The Morgan fingerprint density at radius 3 is 2.57 bits per heavy atom. The number of carbonyl (C=O) groups excluding carboxylic acids is 1. The lowest BCUT2D eigenvalue weighted by molar-refractivity contribution is -0.126. The molecule has 1 amide bonds. The predicted molar refractivity (Wildman–Crippen MR) is 139 cm³/mol. The number of benzene rings is 2. The molecule has 0 N–H and O–H groups in total. The molecular formula is C27H23N5O2S. The lowest BCUT2D eigenvalue weighted by Crippen LogP contribution is -2.48. The van der Waals surface area contributed by atoms with Gasteiger partial charge >= 0.3 is 0 Å². The number of thiazole rings is 1. The maximum absolute atomic E-state index is 13.0. The second-order valence-corrected chi connectivity index (χ2v) is 9.20. The average molecular weight is 482 g/mol. The molecule has 1 aliphatic rings. The van der Waals surface area contributed by atoms with Crippen LogP contribution >= 0.6 is 11.3 Å². The fourth-order valence-corrected chi connectivity index (χ4v) is 4.97. The van der Waals surface area contributed by atoms with Gasteiger partial charge in [0.1, 0.15) is 11.3 Å². The molecule has 1 aliphatic heterocycles. The van der Waals surface area contributed by atoms with Gasteiger partial charge < -0.3 is 14.2 Å². The van der Waals surface area contributed by atoms with Crippen molar-refractivity contribution in [2.75, 3.05) is 31.1 Å². The van der Waals surface area contributed by atoms with Crippen LogP contribution in [-0.2, 0) is 4.79 Å². The number of fused-ring (bicyclic) bond motifs is 1. The first-order chi connectivity index (χ1) is 17.2. The molecule has 6 rings (SSSR count). The smallest absolute Gasteiger partial charge is 0.246 e. The second kappa shape index (κ2) is 9.23. The van der Waals surface area contributed by atoms with E-state index in [2.05, 4.69) is 9.88 Å². The van der Waals surface area contributed by atoms with Crippen molar-refractivity contribution < 1.29 is 9.21 Å². The van der Waals surface area contributed by atoms with E-state index in [1.807, 2.05) is 94.1 Å². The number of hydrogen-bond acceptors (Lipinski definition) is 6. The summed E-state index contributed by atoms with van der Waals surface area (Å²) in [7, 11) is 0. The van der Waals surface area contributed by atoms with E-state index < -0.39 is 0 Å². The van der Waals surface area contributed by atoms with Gasteiger partial charge in [0, 0.05) is 61.0 Å². The fraction of sp³-hybridized carbons (Fsp3) is 0.148. The minimum atomic E-state index is -0.00759. The van der Waals surface area contributed by atoms with E-state index >= 15 is 0 Å². The third-order valence-corrected chi connectivity index (χ3v) is 6.94. The van der Waals surface area contributed by atoms with E-state index in [1.165, 1.54) is 0 Å². The Hall–Kier alpha value is -4.17. The Kier molecular flexibility index (Phi) is 5.64. The normalized spacial score (nSPS) is 14.3. The molecule has 0 bridgehead atoms. The Morgan fingerprint density at radius 1 is 1.00 bits per heavy atom. The number of carbonyl (C=O) groups is 1. The monoisotopic (exact) mass is 481 g/mol. The third kappa shape index (κ3) is 4.36. The van der Waals surface area contributed by atoms with Gasteiger partial charge in [0.15, 0.2) is 10.9 Å². The number of nitrogens with zero attached hydrogens (tertiary/aromatic N) is 5. The van der Waals surface area contributed by atoms with Gasteiger partial charge in [-0.1, -0.05) is 36.4 Å². The van der Waals surface area contributed by atoms with Crippen LogP contribution in [0.3, 0.4) is 0 Å². The molecule has 5 aromatic rings. The number of amides is 1. The number of piperazine rings is 1. The van der Waals surface area contributed by atoms with Crippen LogP contribution in [0.2, 0.25) is 0 Å². The zero-order valence-corrected chi connectivity index (χ0v) is 19.8. The third-order valence-electron chi connectivity index (χ3n) is 6.11. The number of aromatic nitrogens is 3. The van der Waals surface area contributed by atoms with Gasteiger partial charge in [-0.25, -0.2) is 9.67 Å². The molecule has 0 atom stereocenters. The van der Waals surface area contributed by atoms with Crippen LogP contribution in [0.15, 0.2) is 88.9 Å². The SMILES string of the molecule is O=C(/C=C/c1cn(-c2ccccc2)nc1-c1cc2ccccc2o1)N1CCN(c2nccs2)CC1. The zero-order chi connectivity index (χ0) is 23.6. The van der Waals surface area contributed by atoms with E-state index in [-0.39, 0.29) is 5.91 Å². The molecule has 35 heavy (non-hydrogen) atoms. The van der Waals surface area contributed by atoms with Crippen molar-refractivity contribution in [1.82, 2.24) is 19.7 Å². The number of hydrogen-bond donors (Lipinski definition) is 0. The molecule has 0 unspecified atom stereocenters. The largest absolute Gasteiger partial charge is 0.454 e. The molecule has 0 aliphatic carbocycles. The van der Waals surface area contributed by atoms with Gasteiger partial charge in [-0.05, 0) is 30.3 Å². The van der Waals surface area contributed by atoms with Crippen molar-refractivity contribution >= 4 is 39.4 Å². The molecule has 3 aromatic heterocycles. The minimum absolute atomic E-state index is 0.00759. The Bertz CT molecular complexity index is 1450. The molecule has 0 spiro atoms. The van der Waals surface area contributed by atoms with Crippen molar-refractivity contribution in [1.29, 1.82) is 0 Å². The Morgan fingerprint density at radius 2 is 1.80 bits per heavy atom. The first-order valence-electron chi connectivity index (χ1n) is 11.5. The van der Waals surface area contributed by atoms with Crippen molar-refractivity contribution in [3.05, 3.63) is 90.1 Å². The van der Waals surface area contributed by atoms with Crippen LogP contribution in [-0.4, -0.2) is 51.8 Å². The molecule has 1 saturated heterocycles. The highest BCUT2D eigenvalue weighted by Crippen LogP contribution is 2.30. The molecule has 4 heterocycles. The van der Waals surface area contributed by atoms with Gasteiger partial charge in [0.2, 0.25) is 5.91 Å². The van der Waals surface area contributed by atoms with E-state index in [1.54, 1.807) is 17.4 Å². The minimum Gasteiger partial charge on any atom is -0.454 e. The summed E-state index contributed by atoms with van der Waals surface area (Å²) in [6.07, 6.45) is 7.22. The van der Waals surface area contributed by atoms with Crippen molar-refractivity contribution in [3.63, 3.8) is 0 Å². The van der Waals surface area contributed by atoms with E-state index in [0.717, 1.165) is 40.4 Å². The fourth-order valence-electron chi connectivity index (χ4n) is 4.27. The molecule has 0 radical (unpaired) electrons. The highest BCUT2D eigenvalue weighted by Gasteiger charge is 2.21. The molecular weight excluding hydrogens is 458 g/mol. The van der Waals surface area contributed by atoms with Crippen LogP contribution in [0.25, 0.3) is 34.2 Å². The quantitative estimate of drug-likeness (QED) is 0.327. The van der Waals surface area contributed by atoms with Gasteiger partial charge in [-0.15, -0.1) is 11.3 Å². The van der Waals surface area contributed by atoms with E-state index in [9.17, 15) is 4.79 Å². The molecule has 1 fully saturated rings. The summed E-state index contributed by atoms with van der Waals surface area (Å²) in [6, 6.07) is 19.8. The second-order valence-electron chi connectivity index (χ2n) is 8.32. The summed E-state index contributed by atoms with van der Waals surface area (Å²) in [6.45, 7) is 2.90. The molecule has 0 saturated carbocycles. The highest BCUT2D eigenvalue weighted by atomic mass is 32.1. The van der Waals surface area contributed by atoms with Crippen molar-refractivity contribution in [2.45, 2.75) is 0 Å². The van der Waals surface area contributed by atoms with Gasteiger partial charge in [0.05, 0.1) is 5.69 Å². The van der Waals surface area contributed by atoms with Crippen LogP contribution in [0, 0.1) is 0 Å². The number of furan rings is 1. The maximum Gasteiger partial charge on any atom is 0.246 e. The van der Waals surface area contributed by atoms with E-state index in [0.29, 0.717) is 24.5 Å². The first kappa shape index (κ1) is 21.4. The molecule has 2 aromatic carbocycles. The summed E-state index contributed by atoms with van der Waals surface area (Å²) >= 11 is 1.63. The summed E-state index contributed by atoms with van der Waals surface area (Å²) in [5.74, 6) is 0.664. The topological polar surface area (TPSA) is 67.4 Å². The molecule has 7 nitrogen and oxygen atoms in total. The van der Waals surface area contributed by atoms with Crippen molar-refractivity contribution in [2.24, 2.45) is 0 Å². The molecule has 8 heteroatoms. The average Bonchev–Trinajstić information content (AvgIpc) is 3.67. The van der Waals surface area contributed by atoms with Crippen LogP contribution in [0.5, 0.6) is 0 Å². The highest BCUT2D eigenvalue weighted by molar-refractivity contribution is 7.13. The zero-order valence-electron chi connectivity index (χ0n) is 18.9. The lowest BCUT2D eigenvalue weighted by atomic mass is 10.1.